The summed E-state index contributed by atoms with van der Waals surface area (Å²) in [4.78, 5) is 2.69. The average Bonchev–Trinajstić information content (AvgIpc) is 3.18. The number of likely N-dealkylation sites (tertiary alicyclic amines) is 1. The molecule has 1 aliphatic carbocycles. The second-order valence-electron chi connectivity index (χ2n) is 6.85. The van der Waals surface area contributed by atoms with Gasteiger partial charge < -0.3 is 5.73 Å². The van der Waals surface area contributed by atoms with E-state index in [0.717, 1.165) is 18.4 Å². The van der Waals surface area contributed by atoms with Crippen molar-refractivity contribution in [2.45, 2.75) is 57.5 Å². The molecule has 2 unspecified atom stereocenters. The van der Waals surface area contributed by atoms with Crippen molar-refractivity contribution in [3.05, 3.63) is 35.4 Å². The Balaban J connectivity index is 1.89. The van der Waals surface area contributed by atoms with Crippen molar-refractivity contribution < 1.29 is 0 Å². The number of rotatable bonds is 5. The molecular weight excluding hydrogens is 244 g/mol. The van der Waals surface area contributed by atoms with Gasteiger partial charge >= 0.3 is 0 Å². The second-order valence-corrected chi connectivity index (χ2v) is 6.85. The predicted molar refractivity (Wildman–Crippen MR) is 84.8 cm³/mol. The van der Waals surface area contributed by atoms with Crippen LogP contribution >= 0.6 is 0 Å². The topological polar surface area (TPSA) is 29.3 Å². The molecule has 2 heteroatoms. The fourth-order valence-corrected chi connectivity index (χ4v) is 3.94. The fraction of sp³-hybridized carbons (Fsp3) is 0.667. The summed E-state index contributed by atoms with van der Waals surface area (Å²) in [7, 11) is 0. The summed E-state index contributed by atoms with van der Waals surface area (Å²) >= 11 is 0. The Morgan fingerprint density at radius 3 is 2.60 bits per heavy atom. The number of hydrogen-bond acceptors (Lipinski definition) is 2. The molecule has 0 radical (unpaired) electrons. The van der Waals surface area contributed by atoms with Gasteiger partial charge in [0, 0.05) is 18.6 Å². The van der Waals surface area contributed by atoms with E-state index in [1.807, 2.05) is 0 Å². The maximum Gasteiger partial charge on any atom is 0.0476 e. The summed E-state index contributed by atoms with van der Waals surface area (Å²) in [6.07, 6.45) is 5.38. The summed E-state index contributed by atoms with van der Waals surface area (Å²) in [6.45, 7) is 6.66. The monoisotopic (exact) mass is 272 g/mol. The van der Waals surface area contributed by atoms with Crippen LogP contribution in [0.2, 0.25) is 0 Å². The van der Waals surface area contributed by atoms with Gasteiger partial charge in [0.1, 0.15) is 0 Å². The van der Waals surface area contributed by atoms with Crippen LogP contribution in [0.5, 0.6) is 0 Å². The van der Waals surface area contributed by atoms with E-state index in [2.05, 4.69) is 43.0 Å². The van der Waals surface area contributed by atoms with E-state index in [1.165, 1.54) is 37.8 Å². The maximum absolute atomic E-state index is 6.19. The first-order chi connectivity index (χ1) is 9.72. The Kier molecular flexibility index (Phi) is 4.13. The molecular formula is C18H28N2. The highest BCUT2D eigenvalue weighted by atomic mass is 15.2. The van der Waals surface area contributed by atoms with E-state index in [-0.39, 0.29) is 0 Å². The minimum Gasteiger partial charge on any atom is -0.329 e. The molecule has 0 bridgehead atoms. The molecule has 2 fully saturated rings. The summed E-state index contributed by atoms with van der Waals surface area (Å²) in [5.41, 5.74) is 9.27. The standard InChI is InChI=1S/C18H28N2/c1-13(2)17-8-5-11-20(17)18(12-19)16-7-4-3-6-15(16)14-9-10-14/h3-4,6-7,13-14,17-18H,5,8-12,19H2,1-2H3. The third-order valence-electron chi connectivity index (χ3n) is 5.11. The highest BCUT2D eigenvalue weighted by Gasteiger charge is 2.35. The average molecular weight is 272 g/mol. The lowest BCUT2D eigenvalue weighted by Crippen LogP contribution is -2.40. The van der Waals surface area contributed by atoms with Gasteiger partial charge in [-0.2, -0.15) is 0 Å². The van der Waals surface area contributed by atoms with Crippen molar-refractivity contribution in [1.82, 2.24) is 4.90 Å². The summed E-state index contributed by atoms with van der Waals surface area (Å²) in [5.74, 6) is 1.53. The van der Waals surface area contributed by atoms with Crippen LogP contribution in [0.4, 0.5) is 0 Å². The Morgan fingerprint density at radius 1 is 1.20 bits per heavy atom. The zero-order valence-corrected chi connectivity index (χ0v) is 12.9. The molecule has 1 aromatic carbocycles. The molecule has 0 spiro atoms. The number of benzene rings is 1. The molecule has 0 aromatic heterocycles. The third-order valence-corrected chi connectivity index (χ3v) is 5.11. The minimum absolute atomic E-state index is 0.418. The van der Waals surface area contributed by atoms with Crippen molar-refractivity contribution in [2.24, 2.45) is 11.7 Å². The van der Waals surface area contributed by atoms with Crippen molar-refractivity contribution in [3.8, 4) is 0 Å². The Labute approximate surface area is 123 Å². The van der Waals surface area contributed by atoms with Crippen LogP contribution in [-0.4, -0.2) is 24.0 Å². The first kappa shape index (κ1) is 14.1. The molecule has 1 aromatic rings. The molecule has 1 heterocycles. The van der Waals surface area contributed by atoms with E-state index in [0.29, 0.717) is 12.1 Å². The van der Waals surface area contributed by atoms with Crippen LogP contribution in [-0.2, 0) is 0 Å². The molecule has 2 atom stereocenters. The Morgan fingerprint density at radius 2 is 1.95 bits per heavy atom. The number of nitrogens with two attached hydrogens (primary N) is 1. The molecule has 1 aliphatic heterocycles. The lowest BCUT2D eigenvalue weighted by atomic mass is 9.93. The van der Waals surface area contributed by atoms with Crippen LogP contribution < -0.4 is 5.73 Å². The lowest BCUT2D eigenvalue weighted by Gasteiger charge is -2.35. The fourth-order valence-electron chi connectivity index (χ4n) is 3.94. The Bertz CT molecular complexity index is 450. The van der Waals surface area contributed by atoms with Gasteiger partial charge in [-0.25, -0.2) is 0 Å². The van der Waals surface area contributed by atoms with Crippen molar-refractivity contribution in [2.75, 3.05) is 13.1 Å². The van der Waals surface area contributed by atoms with Crippen molar-refractivity contribution in [1.29, 1.82) is 0 Å². The van der Waals surface area contributed by atoms with Crippen LogP contribution in [0.3, 0.4) is 0 Å². The van der Waals surface area contributed by atoms with Gasteiger partial charge in [0.05, 0.1) is 0 Å². The molecule has 20 heavy (non-hydrogen) atoms. The van der Waals surface area contributed by atoms with Gasteiger partial charge in [0.15, 0.2) is 0 Å². The molecule has 1 saturated heterocycles. The van der Waals surface area contributed by atoms with E-state index in [9.17, 15) is 0 Å². The van der Waals surface area contributed by atoms with Gasteiger partial charge in [0.25, 0.3) is 0 Å². The molecule has 2 nitrogen and oxygen atoms in total. The first-order valence-corrected chi connectivity index (χ1v) is 8.27. The normalized spacial score (nSPS) is 25.3. The molecule has 2 N–H and O–H groups in total. The molecule has 0 amide bonds. The predicted octanol–water partition coefficient (Wildman–Crippen LogP) is 3.68. The number of nitrogens with zero attached hydrogens (tertiary/aromatic N) is 1. The van der Waals surface area contributed by atoms with Gasteiger partial charge in [0.2, 0.25) is 0 Å². The van der Waals surface area contributed by atoms with Crippen LogP contribution in [0, 0.1) is 5.92 Å². The zero-order valence-electron chi connectivity index (χ0n) is 12.9. The molecule has 110 valence electrons. The van der Waals surface area contributed by atoms with Crippen LogP contribution in [0.25, 0.3) is 0 Å². The second kappa shape index (κ2) is 5.87. The van der Waals surface area contributed by atoms with Crippen LogP contribution in [0.1, 0.15) is 62.6 Å². The first-order valence-electron chi connectivity index (χ1n) is 8.27. The van der Waals surface area contributed by atoms with Crippen molar-refractivity contribution >= 4 is 0 Å². The highest BCUT2D eigenvalue weighted by Crippen LogP contribution is 2.44. The van der Waals surface area contributed by atoms with Crippen LogP contribution in [0.15, 0.2) is 24.3 Å². The maximum atomic E-state index is 6.19. The van der Waals surface area contributed by atoms with E-state index in [4.69, 9.17) is 5.73 Å². The smallest absolute Gasteiger partial charge is 0.0476 e. The highest BCUT2D eigenvalue weighted by molar-refractivity contribution is 5.36. The molecule has 3 rings (SSSR count). The van der Waals surface area contributed by atoms with Gasteiger partial charge in [-0.15, -0.1) is 0 Å². The van der Waals surface area contributed by atoms with Gasteiger partial charge in [-0.05, 0) is 55.2 Å². The Hall–Kier alpha value is -0.860. The van der Waals surface area contributed by atoms with E-state index >= 15 is 0 Å². The summed E-state index contributed by atoms with van der Waals surface area (Å²) < 4.78 is 0. The van der Waals surface area contributed by atoms with Crippen molar-refractivity contribution in [3.63, 3.8) is 0 Å². The third kappa shape index (κ3) is 2.64. The number of hydrogen-bond donors (Lipinski definition) is 1. The van der Waals surface area contributed by atoms with E-state index < -0.39 is 0 Å². The summed E-state index contributed by atoms with van der Waals surface area (Å²) in [5, 5.41) is 0. The zero-order chi connectivity index (χ0) is 14.1. The minimum atomic E-state index is 0.418. The largest absolute Gasteiger partial charge is 0.329 e. The van der Waals surface area contributed by atoms with E-state index in [1.54, 1.807) is 5.56 Å². The summed E-state index contributed by atoms with van der Waals surface area (Å²) in [6, 6.07) is 10.1. The lowest BCUT2D eigenvalue weighted by molar-refractivity contribution is 0.149. The van der Waals surface area contributed by atoms with Gasteiger partial charge in [-0.3, -0.25) is 4.90 Å². The molecule has 1 saturated carbocycles. The SMILES string of the molecule is CC(C)C1CCCN1C(CN)c1ccccc1C1CC1. The van der Waals surface area contributed by atoms with Gasteiger partial charge in [-0.1, -0.05) is 38.1 Å². The molecule has 2 aliphatic rings. The quantitative estimate of drug-likeness (QED) is 0.886.